The van der Waals surface area contributed by atoms with Crippen LogP contribution in [0.4, 0.5) is 0 Å². The molecule has 0 fully saturated rings. The van der Waals surface area contributed by atoms with E-state index in [0.29, 0.717) is 6.54 Å². The molecule has 0 radical (unpaired) electrons. The second-order valence-corrected chi connectivity index (χ2v) is 3.71. The van der Waals surface area contributed by atoms with Gasteiger partial charge in [0.15, 0.2) is 0 Å². The van der Waals surface area contributed by atoms with Crippen LogP contribution in [-0.2, 0) is 6.54 Å². The van der Waals surface area contributed by atoms with Crippen molar-refractivity contribution in [2.75, 3.05) is 0 Å². The molecule has 2 aromatic rings. The lowest BCUT2D eigenvalue weighted by Crippen LogP contribution is -1.96. The number of nitrogens with zero attached hydrogens (tertiary/aromatic N) is 1. The summed E-state index contributed by atoms with van der Waals surface area (Å²) in [6.45, 7) is 0.548. The third-order valence-electron chi connectivity index (χ3n) is 1.84. The Morgan fingerprint density at radius 3 is 3.00 bits per heavy atom. The smallest absolute Gasteiger partial charge is 0.0358 e. The van der Waals surface area contributed by atoms with Gasteiger partial charge in [-0.2, -0.15) is 0 Å². The first-order valence-corrected chi connectivity index (χ1v) is 4.96. The van der Waals surface area contributed by atoms with Crippen molar-refractivity contribution in [1.82, 2.24) is 4.98 Å². The Balaban J connectivity index is 2.41. The van der Waals surface area contributed by atoms with Crippen molar-refractivity contribution in [2.24, 2.45) is 5.73 Å². The van der Waals surface area contributed by atoms with E-state index in [1.807, 2.05) is 12.3 Å². The molecule has 2 nitrogen and oxygen atoms in total. The predicted octanol–water partition coefficient (Wildman–Crippen LogP) is 2.27. The van der Waals surface area contributed by atoms with Gasteiger partial charge >= 0.3 is 0 Å². The molecule has 2 rings (SSSR count). The molecule has 0 amide bonds. The van der Waals surface area contributed by atoms with Crippen LogP contribution >= 0.6 is 11.3 Å². The number of hydrogen-bond acceptors (Lipinski definition) is 3. The number of rotatable bonds is 2. The summed E-state index contributed by atoms with van der Waals surface area (Å²) in [5.41, 5.74) is 7.76. The van der Waals surface area contributed by atoms with Crippen LogP contribution in [-0.4, -0.2) is 4.98 Å². The summed E-state index contributed by atoms with van der Waals surface area (Å²) in [4.78, 5) is 5.38. The number of aromatic nitrogens is 1. The highest BCUT2D eigenvalue weighted by Gasteiger charge is 1.99. The largest absolute Gasteiger partial charge is 0.326 e. The third-order valence-corrected chi connectivity index (χ3v) is 2.76. The van der Waals surface area contributed by atoms with Gasteiger partial charge in [0, 0.05) is 29.4 Å². The van der Waals surface area contributed by atoms with Crippen LogP contribution in [0, 0.1) is 0 Å². The van der Waals surface area contributed by atoms with Crippen LogP contribution < -0.4 is 5.73 Å². The van der Waals surface area contributed by atoms with Crippen molar-refractivity contribution in [1.29, 1.82) is 0 Å². The number of nitrogens with two attached hydrogens (primary N) is 1. The molecular weight excluding hydrogens is 180 g/mol. The van der Waals surface area contributed by atoms with Crippen molar-refractivity contribution >= 4 is 11.3 Å². The van der Waals surface area contributed by atoms with Gasteiger partial charge in [-0.15, -0.1) is 11.3 Å². The first kappa shape index (κ1) is 8.41. The molecule has 0 saturated carbocycles. The van der Waals surface area contributed by atoms with E-state index in [4.69, 9.17) is 5.73 Å². The Labute approximate surface area is 81.1 Å². The van der Waals surface area contributed by atoms with Crippen LogP contribution in [0.1, 0.15) is 5.56 Å². The molecule has 0 atom stereocenters. The van der Waals surface area contributed by atoms with Gasteiger partial charge < -0.3 is 5.73 Å². The van der Waals surface area contributed by atoms with Gasteiger partial charge in [-0.1, -0.05) is 6.07 Å². The van der Waals surface area contributed by atoms with Crippen LogP contribution in [0.3, 0.4) is 0 Å². The Hall–Kier alpha value is -1.19. The minimum atomic E-state index is 0.548. The topological polar surface area (TPSA) is 38.9 Å². The molecule has 0 aliphatic heterocycles. The highest BCUT2D eigenvalue weighted by Crippen LogP contribution is 2.24. The third kappa shape index (κ3) is 1.76. The van der Waals surface area contributed by atoms with Crippen molar-refractivity contribution in [3.63, 3.8) is 0 Å². The number of hydrogen-bond donors (Lipinski definition) is 1. The Kier molecular flexibility index (Phi) is 2.38. The van der Waals surface area contributed by atoms with E-state index in [0.717, 1.165) is 11.1 Å². The summed E-state index contributed by atoms with van der Waals surface area (Å²) in [6, 6.07) is 6.20. The van der Waals surface area contributed by atoms with Gasteiger partial charge in [-0.05, 0) is 23.1 Å². The molecular formula is C10H10N2S. The number of thiophene rings is 1. The quantitative estimate of drug-likeness (QED) is 0.789. The minimum Gasteiger partial charge on any atom is -0.326 e. The molecule has 0 aromatic carbocycles. The average Bonchev–Trinajstić information content (AvgIpc) is 2.71. The average molecular weight is 190 g/mol. The van der Waals surface area contributed by atoms with E-state index in [2.05, 4.69) is 22.5 Å². The van der Waals surface area contributed by atoms with Gasteiger partial charge in [0.25, 0.3) is 0 Å². The van der Waals surface area contributed by atoms with Gasteiger partial charge in [-0.25, -0.2) is 0 Å². The fourth-order valence-electron chi connectivity index (χ4n) is 1.18. The second-order valence-electron chi connectivity index (χ2n) is 2.76. The second kappa shape index (κ2) is 3.68. The summed E-state index contributed by atoms with van der Waals surface area (Å²) in [5.74, 6) is 0. The maximum absolute atomic E-state index is 5.54. The standard InChI is InChI=1S/C10H10N2S/c11-5-8-4-9(7-12-6-8)10-2-1-3-13-10/h1-4,6-7H,5,11H2. The van der Waals surface area contributed by atoms with Crippen molar-refractivity contribution in [2.45, 2.75) is 6.54 Å². The Morgan fingerprint density at radius 2 is 2.31 bits per heavy atom. The van der Waals surface area contributed by atoms with Crippen molar-refractivity contribution in [3.05, 3.63) is 41.5 Å². The molecule has 0 aliphatic rings. The molecule has 3 heteroatoms. The van der Waals surface area contributed by atoms with Crippen LogP contribution in [0.2, 0.25) is 0 Å². The summed E-state index contributed by atoms with van der Waals surface area (Å²) >= 11 is 1.71. The Bertz CT molecular complexity index is 382. The fraction of sp³-hybridized carbons (Fsp3) is 0.100. The van der Waals surface area contributed by atoms with E-state index in [1.165, 1.54) is 4.88 Å². The highest BCUT2D eigenvalue weighted by molar-refractivity contribution is 7.13. The molecule has 0 spiro atoms. The molecule has 0 aliphatic carbocycles. The summed E-state index contributed by atoms with van der Waals surface area (Å²) < 4.78 is 0. The first-order chi connectivity index (χ1) is 6.40. The summed E-state index contributed by atoms with van der Waals surface area (Å²) in [6.07, 6.45) is 3.67. The van der Waals surface area contributed by atoms with E-state index >= 15 is 0 Å². The van der Waals surface area contributed by atoms with Crippen molar-refractivity contribution in [3.8, 4) is 10.4 Å². The van der Waals surface area contributed by atoms with Gasteiger partial charge in [0.2, 0.25) is 0 Å². The Morgan fingerprint density at radius 1 is 1.38 bits per heavy atom. The lowest BCUT2D eigenvalue weighted by atomic mass is 10.2. The SMILES string of the molecule is NCc1cncc(-c2cccs2)c1. The molecule has 13 heavy (non-hydrogen) atoms. The van der Waals surface area contributed by atoms with Crippen molar-refractivity contribution < 1.29 is 0 Å². The predicted molar refractivity (Wildman–Crippen MR) is 55.4 cm³/mol. The van der Waals surface area contributed by atoms with E-state index in [-0.39, 0.29) is 0 Å². The maximum Gasteiger partial charge on any atom is 0.0358 e. The normalized spacial score (nSPS) is 10.2. The zero-order valence-electron chi connectivity index (χ0n) is 7.10. The molecule has 0 bridgehead atoms. The maximum atomic E-state index is 5.54. The first-order valence-electron chi connectivity index (χ1n) is 4.08. The zero-order valence-corrected chi connectivity index (χ0v) is 7.92. The van der Waals surface area contributed by atoms with E-state index < -0.39 is 0 Å². The van der Waals surface area contributed by atoms with Gasteiger partial charge in [0.05, 0.1) is 0 Å². The van der Waals surface area contributed by atoms with Crippen LogP contribution in [0.15, 0.2) is 36.0 Å². The lowest BCUT2D eigenvalue weighted by Gasteiger charge is -1.99. The zero-order chi connectivity index (χ0) is 9.10. The molecule has 2 aromatic heterocycles. The molecule has 2 heterocycles. The highest BCUT2D eigenvalue weighted by atomic mass is 32.1. The van der Waals surface area contributed by atoms with E-state index in [1.54, 1.807) is 17.5 Å². The monoisotopic (exact) mass is 190 g/mol. The van der Waals surface area contributed by atoms with E-state index in [9.17, 15) is 0 Å². The molecule has 2 N–H and O–H groups in total. The summed E-state index contributed by atoms with van der Waals surface area (Å²) in [7, 11) is 0. The van der Waals surface area contributed by atoms with Gasteiger partial charge in [-0.3, -0.25) is 4.98 Å². The number of pyridine rings is 1. The summed E-state index contributed by atoms with van der Waals surface area (Å²) in [5, 5.41) is 2.06. The lowest BCUT2D eigenvalue weighted by molar-refractivity contribution is 1.05. The van der Waals surface area contributed by atoms with Gasteiger partial charge in [0.1, 0.15) is 0 Å². The fourth-order valence-corrected chi connectivity index (χ4v) is 1.89. The minimum absolute atomic E-state index is 0.548. The van der Waals surface area contributed by atoms with Crippen LogP contribution in [0.5, 0.6) is 0 Å². The molecule has 0 saturated heterocycles. The molecule has 0 unspecified atom stereocenters. The van der Waals surface area contributed by atoms with Crippen LogP contribution in [0.25, 0.3) is 10.4 Å². The molecule has 66 valence electrons.